The van der Waals surface area contributed by atoms with Crippen LogP contribution in [0.25, 0.3) is 0 Å². The number of nitrogens with one attached hydrogen (secondary N) is 2. The van der Waals surface area contributed by atoms with Crippen molar-refractivity contribution >= 4 is 11.7 Å². The molecule has 2 N–H and O–H groups in total. The van der Waals surface area contributed by atoms with Gasteiger partial charge in [0.1, 0.15) is 5.82 Å². The summed E-state index contributed by atoms with van der Waals surface area (Å²) < 4.78 is 0. The smallest absolute Gasteiger partial charge is 0.264 e. The minimum absolute atomic E-state index is 0.00810. The van der Waals surface area contributed by atoms with Crippen molar-refractivity contribution in [3.05, 3.63) is 22.5 Å². The Bertz CT molecular complexity index is 716. The van der Waals surface area contributed by atoms with Gasteiger partial charge in [-0.05, 0) is 18.9 Å². The van der Waals surface area contributed by atoms with E-state index in [0.29, 0.717) is 19.4 Å². The highest BCUT2D eigenvalue weighted by atomic mass is 16.2. The maximum Gasteiger partial charge on any atom is 0.264 e. The molecule has 0 unspecified atom stereocenters. The highest BCUT2D eigenvalue weighted by Gasteiger charge is 2.38. The number of aromatic nitrogens is 2. The van der Waals surface area contributed by atoms with Crippen molar-refractivity contribution in [2.24, 2.45) is 16.1 Å². The summed E-state index contributed by atoms with van der Waals surface area (Å²) in [4.78, 5) is 25.5. The van der Waals surface area contributed by atoms with E-state index in [9.17, 15) is 9.59 Å². The number of carbonyl (C=O) groups is 1. The average Bonchev–Trinajstić information content (AvgIpc) is 3.41. The summed E-state index contributed by atoms with van der Waals surface area (Å²) in [6.07, 6.45) is 8.92. The Balaban J connectivity index is 1.39. The van der Waals surface area contributed by atoms with Crippen LogP contribution in [0.1, 0.15) is 32.1 Å². The third kappa shape index (κ3) is 4.44. The lowest BCUT2D eigenvalue weighted by molar-refractivity contribution is -0.125. The number of hydrogen-bond donors (Lipinski definition) is 2. The second kappa shape index (κ2) is 7.47. The molecule has 3 heterocycles. The standard InChI is InChI=1S/C17H22N6O2/c1-2-3-8-17(21-22-17)9-10-18-16(25)13-6-11-23(12-7-13)14-4-5-15(24)20-19-14/h1,4-5,13H,3,6-12H2,(H,18,25)(H,20,24). The predicted molar refractivity (Wildman–Crippen MR) is 93.1 cm³/mol. The first-order chi connectivity index (χ1) is 12.1. The van der Waals surface area contributed by atoms with Gasteiger partial charge in [0.15, 0.2) is 5.66 Å². The molecule has 8 nitrogen and oxygen atoms in total. The number of aromatic amines is 1. The number of carbonyl (C=O) groups excluding carboxylic acids is 1. The fraction of sp³-hybridized carbons (Fsp3) is 0.588. The lowest BCUT2D eigenvalue weighted by atomic mass is 9.95. The number of rotatable bonds is 7. The van der Waals surface area contributed by atoms with E-state index < -0.39 is 0 Å². The number of terminal acetylenes is 1. The molecule has 8 heteroatoms. The lowest BCUT2D eigenvalue weighted by Crippen LogP contribution is -2.41. The second-order valence-corrected chi connectivity index (χ2v) is 6.47. The van der Waals surface area contributed by atoms with Gasteiger partial charge in [0.05, 0.1) is 0 Å². The molecule has 0 aliphatic carbocycles. The number of piperidine rings is 1. The fourth-order valence-electron chi connectivity index (χ4n) is 3.08. The summed E-state index contributed by atoms with van der Waals surface area (Å²) in [6, 6.07) is 3.17. The van der Waals surface area contributed by atoms with Gasteiger partial charge in [0.25, 0.3) is 5.56 Å². The van der Waals surface area contributed by atoms with Gasteiger partial charge in [-0.3, -0.25) is 9.59 Å². The molecule has 0 radical (unpaired) electrons. The van der Waals surface area contributed by atoms with E-state index in [2.05, 4.69) is 36.6 Å². The molecule has 132 valence electrons. The van der Waals surface area contributed by atoms with Crippen LogP contribution in [0.5, 0.6) is 0 Å². The summed E-state index contributed by atoms with van der Waals surface area (Å²) in [5.74, 6) is 3.43. The van der Waals surface area contributed by atoms with Crippen LogP contribution in [0.4, 0.5) is 5.82 Å². The topological polar surface area (TPSA) is 103 Å². The molecule has 0 spiro atoms. The Labute approximate surface area is 146 Å². The van der Waals surface area contributed by atoms with Crippen molar-refractivity contribution < 1.29 is 4.79 Å². The number of nitrogens with zero attached hydrogens (tertiary/aromatic N) is 4. The Hall–Kier alpha value is -2.69. The molecule has 3 rings (SSSR count). The van der Waals surface area contributed by atoms with Gasteiger partial charge in [-0.25, -0.2) is 5.10 Å². The van der Waals surface area contributed by atoms with Gasteiger partial charge in [-0.1, -0.05) is 0 Å². The summed E-state index contributed by atoms with van der Waals surface area (Å²) in [7, 11) is 0. The Morgan fingerprint density at radius 2 is 2.12 bits per heavy atom. The number of hydrogen-bond acceptors (Lipinski definition) is 6. The monoisotopic (exact) mass is 342 g/mol. The molecule has 0 aromatic carbocycles. The first-order valence-corrected chi connectivity index (χ1v) is 8.58. The van der Waals surface area contributed by atoms with Crippen molar-refractivity contribution in [1.82, 2.24) is 15.5 Å². The highest BCUT2D eigenvalue weighted by Crippen LogP contribution is 2.36. The first kappa shape index (κ1) is 17.1. The van der Waals surface area contributed by atoms with E-state index in [-0.39, 0.29) is 23.0 Å². The zero-order valence-corrected chi connectivity index (χ0v) is 14.1. The molecule has 0 atom stereocenters. The van der Waals surface area contributed by atoms with Crippen molar-refractivity contribution in [2.75, 3.05) is 24.5 Å². The number of amides is 1. The molecule has 1 aromatic rings. The maximum absolute atomic E-state index is 12.3. The number of H-pyrrole nitrogens is 1. The Morgan fingerprint density at radius 1 is 1.36 bits per heavy atom. The van der Waals surface area contributed by atoms with Gasteiger partial charge in [-0.15, -0.1) is 12.3 Å². The van der Waals surface area contributed by atoms with Crippen LogP contribution in [0, 0.1) is 18.3 Å². The van der Waals surface area contributed by atoms with E-state index in [1.54, 1.807) is 6.07 Å². The van der Waals surface area contributed by atoms with Crippen molar-refractivity contribution in [2.45, 2.75) is 37.8 Å². The normalized spacial score (nSPS) is 18.6. The van der Waals surface area contributed by atoms with Crippen LogP contribution in [0.2, 0.25) is 0 Å². The van der Waals surface area contributed by atoms with Crippen LogP contribution >= 0.6 is 0 Å². The lowest BCUT2D eigenvalue weighted by Gasteiger charge is -2.31. The zero-order valence-electron chi connectivity index (χ0n) is 14.1. The van der Waals surface area contributed by atoms with Crippen LogP contribution in [0.15, 0.2) is 27.2 Å². The first-order valence-electron chi connectivity index (χ1n) is 8.58. The van der Waals surface area contributed by atoms with Gasteiger partial charge in [0.2, 0.25) is 5.91 Å². The largest absolute Gasteiger partial charge is 0.356 e. The molecule has 2 aliphatic rings. The quantitative estimate of drug-likeness (QED) is 0.723. The van der Waals surface area contributed by atoms with E-state index in [4.69, 9.17) is 6.42 Å². The SMILES string of the molecule is C#CCCC1(CCNC(=O)C2CCN(c3ccc(=O)[nH]n3)CC2)N=N1. The fourth-order valence-corrected chi connectivity index (χ4v) is 3.08. The molecule has 25 heavy (non-hydrogen) atoms. The molecule has 1 saturated heterocycles. The molecule has 2 aliphatic heterocycles. The molecular weight excluding hydrogens is 320 g/mol. The minimum atomic E-state index is -0.348. The van der Waals surface area contributed by atoms with Crippen LogP contribution in [0.3, 0.4) is 0 Å². The van der Waals surface area contributed by atoms with Crippen LogP contribution in [-0.4, -0.2) is 41.4 Å². The predicted octanol–water partition coefficient (Wildman–Crippen LogP) is 1.07. The second-order valence-electron chi connectivity index (χ2n) is 6.47. The van der Waals surface area contributed by atoms with E-state index in [0.717, 1.165) is 38.2 Å². The summed E-state index contributed by atoms with van der Waals surface area (Å²) in [5.41, 5.74) is -0.564. The molecular formula is C17H22N6O2. The third-order valence-electron chi connectivity index (χ3n) is 4.73. The summed E-state index contributed by atoms with van der Waals surface area (Å²) in [5, 5.41) is 17.6. The van der Waals surface area contributed by atoms with Crippen LogP contribution < -0.4 is 15.8 Å². The van der Waals surface area contributed by atoms with E-state index in [1.807, 2.05) is 0 Å². The van der Waals surface area contributed by atoms with E-state index >= 15 is 0 Å². The highest BCUT2D eigenvalue weighted by molar-refractivity contribution is 5.78. The zero-order chi connectivity index (χ0) is 17.7. The van der Waals surface area contributed by atoms with Crippen molar-refractivity contribution in [3.63, 3.8) is 0 Å². The van der Waals surface area contributed by atoms with Crippen molar-refractivity contribution in [3.8, 4) is 12.3 Å². The maximum atomic E-state index is 12.3. The van der Waals surface area contributed by atoms with Gasteiger partial charge < -0.3 is 10.2 Å². The Kier molecular flexibility index (Phi) is 5.12. The van der Waals surface area contributed by atoms with Gasteiger partial charge in [-0.2, -0.15) is 15.3 Å². The van der Waals surface area contributed by atoms with Gasteiger partial charge in [0, 0.05) is 50.9 Å². The average molecular weight is 342 g/mol. The van der Waals surface area contributed by atoms with Crippen molar-refractivity contribution in [1.29, 1.82) is 0 Å². The summed E-state index contributed by atoms with van der Waals surface area (Å²) in [6.45, 7) is 2.06. The minimum Gasteiger partial charge on any atom is -0.356 e. The van der Waals surface area contributed by atoms with Gasteiger partial charge >= 0.3 is 0 Å². The number of anilines is 1. The van der Waals surface area contributed by atoms with Crippen LogP contribution in [-0.2, 0) is 4.79 Å². The molecule has 1 amide bonds. The molecule has 0 bridgehead atoms. The molecule has 1 fully saturated rings. The third-order valence-corrected chi connectivity index (χ3v) is 4.73. The summed E-state index contributed by atoms with van der Waals surface area (Å²) >= 11 is 0. The molecule has 0 saturated carbocycles. The van der Waals surface area contributed by atoms with E-state index in [1.165, 1.54) is 6.07 Å². The molecule has 1 aromatic heterocycles. The Morgan fingerprint density at radius 3 is 2.72 bits per heavy atom.